The van der Waals surface area contributed by atoms with Crippen molar-refractivity contribution in [2.24, 2.45) is 0 Å². The van der Waals surface area contributed by atoms with Crippen molar-refractivity contribution in [3.63, 3.8) is 0 Å². The fraction of sp³-hybridized carbons (Fsp3) is 0.167. The molecule has 0 spiro atoms. The molecular formula is C24H22N2O. The zero-order valence-electron chi connectivity index (χ0n) is 15.8. The number of hydrogen-bond acceptors (Lipinski definition) is 3. The molecule has 0 radical (unpaired) electrons. The van der Waals surface area contributed by atoms with Gasteiger partial charge >= 0.3 is 0 Å². The van der Waals surface area contributed by atoms with Crippen LogP contribution >= 0.6 is 0 Å². The average molecular weight is 354 g/mol. The fourth-order valence-corrected chi connectivity index (χ4v) is 4.01. The molecule has 1 aliphatic rings. The zero-order chi connectivity index (χ0) is 18.5. The Bertz CT molecular complexity index is 1190. The highest BCUT2D eigenvalue weighted by atomic mass is 16.3. The number of furan rings is 1. The molecule has 1 aliphatic heterocycles. The number of nitrogens with zero attached hydrogens (tertiary/aromatic N) is 2. The van der Waals surface area contributed by atoms with Crippen molar-refractivity contribution in [3.05, 3.63) is 84.1 Å². The lowest BCUT2D eigenvalue weighted by atomic mass is 10.1. The lowest BCUT2D eigenvalue weighted by Crippen LogP contribution is -2.35. The predicted octanol–water partition coefficient (Wildman–Crippen LogP) is 5.99. The maximum Gasteiger partial charge on any atom is 0.135 e. The van der Waals surface area contributed by atoms with Gasteiger partial charge in [0.2, 0.25) is 0 Å². The molecular weight excluding hydrogens is 332 g/mol. The standard InChI is InChI=1S/C24H22N2O/c1-16-8-4-6-10-21(16)26-17(2)25(3)15-22(26)18-12-13-24-20(14-18)19-9-5-7-11-23(19)27-24/h4-15,17H,1-3H3. The fourth-order valence-electron chi connectivity index (χ4n) is 4.01. The van der Waals surface area contributed by atoms with Gasteiger partial charge in [0.1, 0.15) is 17.3 Å². The van der Waals surface area contributed by atoms with E-state index in [9.17, 15) is 0 Å². The summed E-state index contributed by atoms with van der Waals surface area (Å²) in [6.07, 6.45) is 2.50. The van der Waals surface area contributed by atoms with Crippen LogP contribution in [-0.4, -0.2) is 18.1 Å². The van der Waals surface area contributed by atoms with E-state index >= 15 is 0 Å². The lowest BCUT2D eigenvalue weighted by Gasteiger charge is -2.31. The van der Waals surface area contributed by atoms with Crippen LogP contribution < -0.4 is 4.90 Å². The van der Waals surface area contributed by atoms with E-state index in [-0.39, 0.29) is 6.17 Å². The lowest BCUT2D eigenvalue weighted by molar-refractivity contribution is 0.383. The Morgan fingerprint density at radius 2 is 1.59 bits per heavy atom. The molecule has 0 bridgehead atoms. The van der Waals surface area contributed by atoms with Crippen molar-refractivity contribution in [3.8, 4) is 0 Å². The van der Waals surface area contributed by atoms with Gasteiger partial charge in [-0.3, -0.25) is 0 Å². The molecule has 2 heterocycles. The Morgan fingerprint density at radius 1 is 0.852 bits per heavy atom. The number of rotatable bonds is 2. The Kier molecular flexibility index (Phi) is 3.51. The summed E-state index contributed by atoms with van der Waals surface area (Å²) in [6.45, 7) is 4.41. The summed E-state index contributed by atoms with van der Waals surface area (Å²) in [4.78, 5) is 4.68. The van der Waals surface area contributed by atoms with Gasteiger partial charge in [-0.05, 0) is 49.7 Å². The van der Waals surface area contributed by atoms with Crippen molar-refractivity contribution in [2.75, 3.05) is 11.9 Å². The molecule has 1 unspecified atom stereocenters. The van der Waals surface area contributed by atoms with Crippen molar-refractivity contribution < 1.29 is 4.42 Å². The molecule has 5 rings (SSSR count). The third-order valence-corrected chi connectivity index (χ3v) is 5.60. The molecule has 4 aromatic rings. The second kappa shape index (κ2) is 5.92. The monoisotopic (exact) mass is 354 g/mol. The summed E-state index contributed by atoms with van der Waals surface area (Å²) in [6, 6.07) is 23.3. The largest absolute Gasteiger partial charge is 0.456 e. The summed E-state index contributed by atoms with van der Waals surface area (Å²) in [7, 11) is 2.13. The summed E-state index contributed by atoms with van der Waals surface area (Å²) in [5.41, 5.74) is 6.81. The van der Waals surface area contributed by atoms with Crippen LogP contribution in [0.3, 0.4) is 0 Å². The molecule has 3 heteroatoms. The van der Waals surface area contributed by atoms with Crippen LogP contribution in [-0.2, 0) is 0 Å². The molecule has 27 heavy (non-hydrogen) atoms. The average Bonchev–Trinajstić information content (AvgIpc) is 3.19. The third kappa shape index (κ3) is 2.42. The normalized spacial score (nSPS) is 17.1. The molecule has 0 fully saturated rings. The van der Waals surface area contributed by atoms with Crippen molar-refractivity contribution in [1.82, 2.24) is 4.90 Å². The van der Waals surface area contributed by atoms with Gasteiger partial charge in [-0.25, -0.2) is 0 Å². The first-order chi connectivity index (χ1) is 13.1. The van der Waals surface area contributed by atoms with Crippen LogP contribution in [0.2, 0.25) is 0 Å². The number of benzene rings is 3. The molecule has 0 N–H and O–H groups in total. The SMILES string of the molecule is Cc1ccccc1N1C(c2ccc3oc4ccccc4c3c2)=CN(C)C1C. The first-order valence-corrected chi connectivity index (χ1v) is 9.34. The molecule has 0 saturated heterocycles. The van der Waals surface area contributed by atoms with Crippen LogP contribution in [0.15, 0.2) is 77.3 Å². The van der Waals surface area contributed by atoms with Gasteiger partial charge in [0, 0.05) is 35.3 Å². The molecule has 3 aromatic carbocycles. The number of hydrogen-bond donors (Lipinski definition) is 0. The van der Waals surface area contributed by atoms with Gasteiger partial charge in [-0.1, -0.05) is 36.4 Å². The molecule has 134 valence electrons. The molecule has 1 atom stereocenters. The molecule has 0 aliphatic carbocycles. The van der Waals surface area contributed by atoms with Crippen molar-refractivity contribution in [2.45, 2.75) is 20.0 Å². The van der Waals surface area contributed by atoms with Crippen LogP contribution in [0.4, 0.5) is 5.69 Å². The number of para-hydroxylation sites is 2. The molecule has 0 saturated carbocycles. The second-order valence-electron chi connectivity index (χ2n) is 7.28. The maximum atomic E-state index is 6.00. The highest BCUT2D eigenvalue weighted by Gasteiger charge is 2.29. The summed E-state index contributed by atoms with van der Waals surface area (Å²) >= 11 is 0. The first-order valence-electron chi connectivity index (χ1n) is 9.34. The molecule has 0 amide bonds. The van der Waals surface area contributed by atoms with Gasteiger partial charge in [0.25, 0.3) is 0 Å². The second-order valence-corrected chi connectivity index (χ2v) is 7.28. The van der Waals surface area contributed by atoms with Crippen molar-refractivity contribution in [1.29, 1.82) is 0 Å². The van der Waals surface area contributed by atoms with Gasteiger partial charge < -0.3 is 14.2 Å². The summed E-state index contributed by atoms with van der Waals surface area (Å²) in [5.74, 6) is 0. The number of anilines is 1. The van der Waals surface area contributed by atoms with Crippen LogP contribution in [0.25, 0.3) is 27.6 Å². The zero-order valence-corrected chi connectivity index (χ0v) is 15.8. The minimum Gasteiger partial charge on any atom is -0.456 e. The third-order valence-electron chi connectivity index (χ3n) is 5.60. The van der Waals surface area contributed by atoms with Crippen LogP contribution in [0.5, 0.6) is 0 Å². The van der Waals surface area contributed by atoms with E-state index in [1.807, 2.05) is 12.1 Å². The van der Waals surface area contributed by atoms with Crippen LogP contribution in [0, 0.1) is 6.92 Å². The molecule has 3 nitrogen and oxygen atoms in total. The van der Waals surface area contributed by atoms with E-state index in [4.69, 9.17) is 4.42 Å². The Labute approximate surface area is 159 Å². The maximum absolute atomic E-state index is 6.00. The quantitative estimate of drug-likeness (QED) is 0.441. The van der Waals surface area contributed by atoms with E-state index in [0.717, 1.165) is 21.9 Å². The van der Waals surface area contributed by atoms with Crippen LogP contribution in [0.1, 0.15) is 18.1 Å². The summed E-state index contributed by atoms with van der Waals surface area (Å²) in [5, 5.41) is 2.33. The minimum atomic E-state index is 0.262. The highest BCUT2D eigenvalue weighted by Crippen LogP contribution is 2.38. The van der Waals surface area contributed by atoms with E-state index < -0.39 is 0 Å². The van der Waals surface area contributed by atoms with Gasteiger partial charge in [-0.15, -0.1) is 0 Å². The number of fused-ring (bicyclic) bond motifs is 3. The van der Waals surface area contributed by atoms with Gasteiger partial charge in [-0.2, -0.15) is 0 Å². The van der Waals surface area contributed by atoms with E-state index in [1.54, 1.807) is 0 Å². The molecule has 1 aromatic heterocycles. The van der Waals surface area contributed by atoms with E-state index in [2.05, 4.69) is 91.5 Å². The smallest absolute Gasteiger partial charge is 0.135 e. The number of aryl methyl sites for hydroxylation is 1. The summed E-state index contributed by atoms with van der Waals surface area (Å²) < 4.78 is 6.00. The Hall–Kier alpha value is -3.20. The van der Waals surface area contributed by atoms with Crippen molar-refractivity contribution >= 4 is 33.3 Å². The van der Waals surface area contributed by atoms with Gasteiger partial charge in [0.05, 0.1) is 5.70 Å². The van der Waals surface area contributed by atoms with E-state index in [1.165, 1.54) is 22.5 Å². The topological polar surface area (TPSA) is 19.6 Å². The Morgan fingerprint density at radius 3 is 2.44 bits per heavy atom. The Balaban J connectivity index is 1.69. The predicted molar refractivity (Wildman–Crippen MR) is 113 cm³/mol. The first kappa shape index (κ1) is 16.0. The highest BCUT2D eigenvalue weighted by molar-refractivity contribution is 6.06. The van der Waals surface area contributed by atoms with E-state index in [0.29, 0.717) is 0 Å². The minimum absolute atomic E-state index is 0.262. The van der Waals surface area contributed by atoms with Gasteiger partial charge in [0.15, 0.2) is 0 Å².